The lowest BCUT2D eigenvalue weighted by molar-refractivity contribution is -0.122. The van der Waals surface area contributed by atoms with E-state index in [0.29, 0.717) is 34.1 Å². The number of rotatable bonds is 8. The van der Waals surface area contributed by atoms with Crippen molar-refractivity contribution in [3.8, 4) is 5.75 Å². The fraction of sp³-hybridized carbons (Fsp3) is 0.208. The van der Waals surface area contributed by atoms with Crippen LogP contribution >= 0.6 is 11.6 Å². The number of amides is 1. The van der Waals surface area contributed by atoms with Gasteiger partial charge in [0.05, 0.1) is 10.6 Å². The second kappa shape index (κ2) is 10.1. The monoisotopic (exact) mass is 472 g/mol. The first kappa shape index (κ1) is 23.6. The molecule has 0 aliphatic heterocycles. The Morgan fingerprint density at radius 2 is 1.69 bits per heavy atom. The van der Waals surface area contributed by atoms with Gasteiger partial charge in [0, 0.05) is 10.7 Å². The first-order valence-electron chi connectivity index (χ1n) is 10.1. The Hall–Kier alpha value is -3.03. The summed E-state index contributed by atoms with van der Waals surface area (Å²) in [5.41, 5.74) is 2.46. The van der Waals surface area contributed by atoms with Crippen molar-refractivity contribution >= 4 is 38.9 Å². The van der Waals surface area contributed by atoms with Gasteiger partial charge in [0.2, 0.25) is 0 Å². The molecule has 0 spiro atoms. The van der Waals surface area contributed by atoms with Crippen molar-refractivity contribution < 1.29 is 17.9 Å². The third-order valence-corrected chi connectivity index (χ3v) is 6.76. The van der Waals surface area contributed by atoms with Gasteiger partial charge in [-0.1, -0.05) is 42.8 Å². The normalized spacial score (nSPS) is 12.1. The molecule has 168 valence electrons. The molecule has 0 aliphatic rings. The molecule has 1 atom stereocenters. The quantitative estimate of drug-likeness (QED) is 0.450. The topological polar surface area (TPSA) is 84.5 Å². The second-order valence-corrected chi connectivity index (χ2v) is 9.40. The van der Waals surface area contributed by atoms with Crippen molar-refractivity contribution in [3.05, 3.63) is 82.9 Å². The minimum atomic E-state index is -3.81. The van der Waals surface area contributed by atoms with Crippen LogP contribution in [0, 0.1) is 13.8 Å². The molecule has 0 radical (unpaired) electrons. The molecule has 32 heavy (non-hydrogen) atoms. The molecule has 8 heteroatoms. The number of hydrogen-bond donors (Lipinski definition) is 2. The summed E-state index contributed by atoms with van der Waals surface area (Å²) in [5.74, 6) is 0.345. The van der Waals surface area contributed by atoms with Crippen LogP contribution in [-0.2, 0) is 14.8 Å². The van der Waals surface area contributed by atoms with Gasteiger partial charge < -0.3 is 10.1 Å². The van der Waals surface area contributed by atoms with E-state index in [1.165, 1.54) is 24.3 Å². The lowest BCUT2D eigenvalue weighted by atomic mass is 10.2. The minimum absolute atomic E-state index is 0.0677. The maximum absolute atomic E-state index is 12.7. The van der Waals surface area contributed by atoms with Gasteiger partial charge in [0.25, 0.3) is 15.9 Å². The highest BCUT2D eigenvalue weighted by Gasteiger charge is 2.20. The van der Waals surface area contributed by atoms with E-state index >= 15 is 0 Å². The van der Waals surface area contributed by atoms with E-state index < -0.39 is 16.1 Å². The Morgan fingerprint density at radius 3 is 2.34 bits per heavy atom. The van der Waals surface area contributed by atoms with Gasteiger partial charge in [0.1, 0.15) is 5.75 Å². The number of hydrogen-bond acceptors (Lipinski definition) is 4. The lowest BCUT2D eigenvalue weighted by Gasteiger charge is -2.18. The first-order valence-corrected chi connectivity index (χ1v) is 12.0. The smallest absolute Gasteiger partial charge is 0.265 e. The third kappa shape index (κ3) is 5.60. The summed E-state index contributed by atoms with van der Waals surface area (Å²) in [4.78, 5) is 12.7. The van der Waals surface area contributed by atoms with Crippen molar-refractivity contribution in [1.82, 2.24) is 0 Å². The molecule has 0 saturated heterocycles. The number of sulfonamides is 1. The molecule has 0 bridgehead atoms. The molecule has 6 nitrogen and oxygen atoms in total. The summed E-state index contributed by atoms with van der Waals surface area (Å²) in [6.07, 6.45) is -0.192. The van der Waals surface area contributed by atoms with Gasteiger partial charge in [-0.25, -0.2) is 8.42 Å². The van der Waals surface area contributed by atoms with E-state index in [-0.39, 0.29) is 10.8 Å². The fourth-order valence-corrected chi connectivity index (χ4v) is 4.32. The van der Waals surface area contributed by atoms with E-state index in [2.05, 4.69) is 10.0 Å². The van der Waals surface area contributed by atoms with Crippen LogP contribution in [0.4, 0.5) is 11.4 Å². The molecule has 0 aromatic heterocycles. The Bertz CT molecular complexity index is 1210. The number of carbonyl (C=O) groups excluding carboxylic acids is 1. The largest absolute Gasteiger partial charge is 0.480 e. The molecular weight excluding hydrogens is 448 g/mol. The van der Waals surface area contributed by atoms with Crippen LogP contribution in [0.5, 0.6) is 5.75 Å². The zero-order chi connectivity index (χ0) is 23.3. The van der Waals surface area contributed by atoms with Gasteiger partial charge in [-0.2, -0.15) is 0 Å². The number of nitrogens with one attached hydrogen (secondary N) is 2. The van der Waals surface area contributed by atoms with E-state index in [0.717, 1.165) is 5.56 Å². The van der Waals surface area contributed by atoms with Crippen molar-refractivity contribution in [3.63, 3.8) is 0 Å². The van der Waals surface area contributed by atoms with Crippen LogP contribution in [0.25, 0.3) is 0 Å². The van der Waals surface area contributed by atoms with E-state index in [1.807, 2.05) is 38.1 Å². The molecule has 2 N–H and O–H groups in total. The standard InChI is InChI=1S/C24H25ClN2O4S/c1-4-22(31-23-11-6-5-8-16(23)2)24(28)26-18-12-14-19(15-13-18)32(29,30)27-21-10-7-9-20(25)17(21)3/h5-15,22,27H,4H2,1-3H3,(H,26,28)/t22-/m0/s1. The second-order valence-electron chi connectivity index (χ2n) is 7.31. The van der Waals surface area contributed by atoms with E-state index in [4.69, 9.17) is 16.3 Å². The van der Waals surface area contributed by atoms with Gasteiger partial charge in [-0.05, 0) is 73.9 Å². The number of halogens is 1. The average Bonchev–Trinajstić information content (AvgIpc) is 2.76. The van der Waals surface area contributed by atoms with E-state index in [1.54, 1.807) is 25.1 Å². The molecule has 0 fully saturated rings. The predicted octanol–water partition coefficient (Wildman–Crippen LogP) is 5.55. The van der Waals surface area contributed by atoms with Crippen molar-refractivity contribution in [1.29, 1.82) is 0 Å². The summed E-state index contributed by atoms with van der Waals surface area (Å²) < 4.78 is 33.9. The van der Waals surface area contributed by atoms with Crippen molar-refractivity contribution in [2.24, 2.45) is 0 Å². The molecule has 0 aliphatic carbocycles. The molecule has 0 unspecified atom stereocenters. The fourth-order valence-electron chi connectivity index (χ4n) is 3.03. The first-order chi connectivity index (χ1) is 15.2. The molecule has 3 aromatic rings. The maximum atomic E-state index is 12.7. The summed E-state index contributed by atoms with van der Waals surface area (Å²) in [6, 6.07) is 18.4. The molecule has 1 amide bonds. The number of ether oxygens (including phenoxy) is 1. The highest BCUT2D eigenvalue weighted by molar-refractivity contribution is 7.92. The van der Waals surface area contributed by atoms with Gasteiger partial charge in [0.15, 0.2) is 6.10 Å². The summed E-state index contributed by atoms with van der Waals surface area (Å²) in [6.45, 7) is 5.52. The number of carbonyl (C=O) groups is 1. The van der Waals surface area contributed by atoms with Gasteiger partial charge >= 0.3 is 0 Å². The number of anilines is 2. The SMILES string of the molecule is CC[C@H](Oc1ccccc1C)C(=O)Nc1ccc(S(=O)(=O)Nc2cccc(Cl)c2C)cc1. The maximum Gasteiger partial charge on any atom is 0.265 e. The van der Waals surface area contributed by atoms with Crippen LogP contribution in [0.3, 0.4) is 0 Å². The zero-order valence-corrected chi connectivity index (χ0v) is 19.6. The summed E-state index contributed by atoms with van der Waals surface area (Å²) in [5, 5.41) is 3.25. The Morgan fingerprint density at radius 1 is 1.00 bits per heavy atom. The average molecular weight is 473 g/mol. The van der Waals surface area contributed by atoms with Crippen molar-refractivity contribution in [2.45, 2.75) is 38.2 Å². The summed E-state index contributed by atoms with van der Waals surface area (Å²) in [7, 11) is -3.81. The number of para-hydroxylation sites is 1. The summed E-state index contributed by atoms with van der Waals surface area (Å²) >= 11 is 6.07. The molecule has 3 rings (SSSR count). The Kier molecular flexibility index (Phi) is 7.43. The number of benzene rings is 3. The van der Waals surface area contributed by atoms with Gasteiger partial charge in [-0.15, -0.1) is 0 Å². The number of aryl methyl sites for hydroxylation is 1. The Labute approximate surface area is 193 Å². The minimum Gasteiger partial charge on any atom is -0.480 e. The third-order valence-electron chi connectivity index (χ3n) is 4.97. The van der Waals surface area contributed by atoms with Crippen LogP contribution in [0.15, 0.2) is 71.6 Å². The van der Waals surface area contributed by atoms with Gasteiger partial charge in [-0.3, -0.25) is 9.52 Å². The van der Waals surface area contributed by atoms with Crippen LogP contribution < -0.4 is 14.8 Å². The molecule has 0 saturated carbocycles. The van der Waals surface area contributed by atoms with Crippen LogP contribution in [0.1, 0.15) is 24.5 Å². The zero-order valence-electron chi connectivity index (χ0n) is 18.1. The highest BCUT2D eigenvalue weighted by atomic mass is 35.5. The van der Waals surface area contributed by atoms with E-state index in [9.17, 15) is 13.2 Å². The van der Waals surface area contributed by atoms with Crippen LogP contribution in [0.2, 0.25) is 5.02 Å². The predicted molar refractivity (Wildman–Crippen MR) is 128 cm³/mol. The lowest BCUT2D eigenvalue weighted by Crippen LogP contribution is -2.32. The van der Waals surface area contributed by atoms with Crippen LogP contribution in [-0.4, -0.2) is 20.4 Å². The molecular formula is C24H25ClN2O4S. The molecule has 3 aromatic carbocycles. The Balaban J connectivity index is 1.70. The highest BCUT2D eigenvalue weighted by Crippen LogP contribution is 2.26. The molecule has 0 heterocycles. The van der Waals surface area contributed by atoms with Crippen molar-refractivity contribution in [2.75, 3.05) is 10.0 Å².